The Morgan fingerprint density at radius 1 is 0.947 bits per heavy atom. The van der Waals surface area contributed by atoms with Gasteiger partial charge in [-0.25, -0.2) is 0 Å². The van der Waals surface area contributed by atoms with Crippen LogP contribution in [-0.2, 0) is 0 Å². The lowest BCUT2D eigenvalue weighted by atomic mass is 10.0. The summed E-state index contributed by atoms with van der Waals surface area (Å²) in [6.07, 6.45) is -4.86. The van der Waals surface area contributed by atoms with Crippen molar-refractivity contribution >= 4 is 5.69 Å². The van der Waals surface area contributed by atoms with Crippen molar-refractivity contribution in [2.24, 2.45) is 0 Å². The van der Waals surface area contributed by atoms with Gasteiger partial charge in [-0.2, -0.15) is 0 Å². The highest BCUT2D eigenvalue weighted by Crippen LogP contribution is 2.40. The normalized spacial score (nSPS) is 10.8. The summed E-state index contributed by atoms with van der Waals surface area (Å²) >= 11 is 0. The van der Waals surface area contributed by atoms with Crippen LogP contribution in [-0.4, -0.2) is 6.36 Å². The summed E-state index contributed by atoms with van der Waals surface area (Å²) in [5.74, 6) is -0.524. The average Bonchev–Trinajstić information content (AvgIpc) is 2.38. The third-order valence-electron chi connectivity index (χ3n) is 2.40. The van der Waals surface area contributed by atoms with E-state index in [2.05, 4.69) is 9.71 Å². The molecule has 19 heavy (non-hydrogen) atoms. The number of halogens is 3. The lowest BCUT2D eigenvalue weighted by molar-refractivity contribution is -0.274. The Hall–Kier alpha value is -2.55. The van der Waals surface area contributed by atoms with E-state index >= 15 is 0 Å². The molecule has 2 rings (SSSR count). The van der Waals surface area contributed by atoms with Crippen molar-refractivity contribution in [3.05, 3.63) is 53.5 Å². The number of nitrogens with zero attached hydrogens (tertiary/aromatic N) is 2. The molecule has 0 N–H and O–H groups in total. The van der Waals surface area contributed by atoms with Gasteiger partial charge in [-0.3, -0.25) is 0 Å². The van der Waals surface area contributed by atoms with Crippen LogP contribution in [0.5, 0.6) is 5.75 Å². The van der Waals surface area contributed by atoms with E-state index in [4.69, 9.17) is 5.39 Å². The molecule has 0 saturated heterocycles. The Balaban J connectivity index is 2.59. The quantitative estimate of drug-likeness (QED) is 0.735. The largest absolute Gasteiger partial charge is 0.573 e. The van der Waals surface area contributed by atoms with Crippen LogP contribution >= 0.6 is 0 Å². The van der Waals surface area contributed by atoms with Gasteiger partial charge in [-0.15, -0.1) is 13.2 Å². The van der Waals surface area contributed by atoms with E-state index < -0.39 is 12.1 Å². The molecule has 2 aromatic rings. The minimum absolute atomic E-state index is 0.202. The molecule has 2 aromatic carbocycles. The zero-order valence-electron chi connectivity index (χ0n) is 9.56. The molecule has 0 unspecified atom stereocenters. The number of diazo groups is 1. The number of benzene rings is 2. The SMILES string of the molecule is N#[N+]c1cccc(-c2ccccc2)c1OC(F)(F)F. The Labute approximate surface area is 106 Å². The molecule has 0 saturated carbocycles. The predicted octanol–water partition coefficient (Wildman–Crippen LogP) is 4.74. The first kappa shape index (κ1) is 12.9. The molecule has 0 heterocycles. The summed E-state index contributed by atoms with van der Waals surface area (Å²) in [4.78, 5) is 2.82. The highest BCUT2D eigenvalue weighted by atomic mass is 19.4. The maximum atomic E-state index is 12.4. The van der Waals surface area contributed by atoms with Crippen LogP contribution in [0.4, 0.5) is 18.9 Å². The zero-order chi connectivity index (χ0) is 13.9. The van der Waals surface area contributed by atoms with Crippen molar-refractivity contribution in [1.82, 2.24) is 0 Å². The van der Waals surface area contributed by atoms with E-state index in [-0.39, 0.29) is 11.3 Å². The van der Waals surface area contributed by atoms with Gasteiger partial charge in [-0.1, -0.05) is 42.5 Å². The smallest absolute Gasteiger partial charge is 0.396 e. The number of para-hydroxylation sites is 1. The predicted molar refractivity (Wildman–Crippen MR) is 63.3 cm³/mol. The fraction of sp³-hybridized carbons (Fsp3) is 0.0769. The summed E-state index contributed by atoms with van der Waals surface area (Å²) in [6, 6.07) is 12.6. The number of hydrogen-bond donors (Lipinski definition) is 0. The van der Waals surface area contributed by atoms with Crippen LogP contribution in [0.2, 0.25) is 0 Å². The molecule has 0 amide bonds. The molecule has 0 aliphatic heterocycles. The molecule has 0 aromatic heterocycles. The maximum Gasteiger partial charge on any atom is 0.573 e. The van der Waals surface area contributed by atoms with Crippen LogP contribution in [0.1, 0.15) is 0 Å². The van der Waals surface area contributed by atoms with Crippen molar-refractivity contribution in [2.75, 3.05) is 0 Å². The molecule has 0 spiro atoms. The first-order valence-corrected chi connectivity index (χ1v) is 5.30. The van der Waals surface area contributed by atoms with Crippen molar-refractivity contribution in [2.45, 2.75) is 6.36 Å². The van der Waals surface area contributed by atoms with E-state index in [1.807, 2.05) is 0 Å². The van der Waals surface area contributed by atoms with E-state index in [0.29, 0.717) is 5.56 Å². The Bertz CT molecular complexity index is 618. The van der Waals surface area contributed by atoms with E-state index in [1.165, 1.54) is 18.2 Å². The highest BCUT2D eigenvalue weighted by Gasteiger charge is 2.36. The van der Waals surface area contributed by atoms with Crippen molar-refractivity contribution in [3.63, 3.8) is 0 Å². The topological polar surface area (TPSA) is 37.4 Å². The van der Waals surface area contributed by atoms with E-state index in [1.54, 1.807) is 30.3 Å². The van der Waals surface area contributed by atoms with Crippen LogP contribution in [0.25, 0.3) is 16.1 Å². The summed E-state index contributed by atoms with van der Waals surface area (Å²) < 4.78 is 41.2. The summed E-state index contributed by atoms with van der Waals surface area (Å²) in [7, 11) is 0. The molecule has 0 atom stereocenters. The minimum atomic E-state index is -4.86. The molecule has 0 aliphatic carbocycles. The second kappa shape index (κ2) is 4.98. The molecule has 0 radical (unpaired) electrons. The lowest BCUT2D eigenvalue weighted by Crippen LogP contribution is -2.17. The fourth-order valence-corrected chi connectivity index (χ4v) is 1.67. The number of alkyl halides is 3. The van der Waals surface area contributed by atoms with Crippen LogP contribution in [0, 0.1) is 5.39 Å². The number of ether oxygens (including phenoxy) is 1. The molecular weight excluding hydrogens is 257 g/mol. The van der Waals surface area contributed by atoms with Crippen molar-refractivity contribution < 1.29 is 17.9 Å². The molecule has 3 nitrogen and oxygen atoms in total. The lowest BCUT2D eigenvalue weighted by Gasteiger charge is -2.11. The molecule has 0 fully saturated rings. The monoisotopic (exact) mass is 265 g/mol. The highest BCUT2D eigenvalue weighted by molar-refractivity contribution is 5.78. The zero-order valence-corrected chi connectivity index (χ0v) is 9.56. The Kier molecular flexibility index (Phi) is 3.38. The molecule has 0 aliphatic rings. The molecular formula is C13H8F3N2O+. The second-order valence-corrected chi connectivity index (χ2v) is 3.67. The van der Waals surface area contributed by atoms with Gasteiger partial charge in [0.25, 0.3) is 0 Å². The number of rotatable bonds is 2. The van der Waals surface area contributed by atoms with E-state index in [0.717, 1.165) is 0 Å². The number of hydrogen-bond acceptors (Lipinski definition) is 2. The minimum Gasteiger partial charge on any atom is -0.396 e. The van der Waals surface area contributed by atoms with Gasteiger partial charge >= 0.3 is 12.0 Å². The second-order valence-electron chi connectivity index (χ2n) is 3.67. The maximum absolute atomic E-state index is 12.4. The van der Waals surface area contributed by atoms with Gasteiger partial charge in [0.15, 0.2) is 4.98 Å². The molecule has 6 heteroatoms. The summed E-state index contributed by atoms with van der Waals surface area (Å²) in [6.45, 7) is 0. The third kappa shape index (κ3) is 3.01. The molecule has 96 valence electrons. The molecule has 0 bridgehead atoms. The van der Waals surface area contributed by atoms with Gasteiger partial charge in [0.1, 0.15) is 0 Å². The Morgan fingerprint density at radius 2 is 1.63 bits per heavy atom. The van der Waals surface area contributed by atoms with Crippen LogP contribution in [0.15, 0.2) is 48.5 Å². The van der Waals surface area contributed by atoms with Crippen molar-refractivity contribution in [1.29, 1.82) is 5.39 Å². The van der Waals surface area contributed by atoms with Crippen molar-refractivity contribution in [3.8, 4) is 16.9 Å². The van der Waals surface area contributed by atoms with Gasteiger partial charge < -0.3 is 4.74 Å². The fourth-order valence-electron chi connectivity index (χ4n) is 1.67. The van der Waals surface area contributed by atoms with E-state index in [9.17, 15) is 13.2 Å². The van der Waals surface area contributed by atoms with Gasteiger partial charge in [0.2, 0.25) is 11.1 Å². The summed E-state index contributed by atoms with van der Waals surface area (Å²) in [5.41, 5.74) is 0.458. The third-order valence-corrected chi connectivity index (χ3v) is 2.40. The first-order valence-electron chi connectivity index (χ1n) is 5.30. The first-order chi connectivity index (χ1) is 9.01. The van der Waals surface area contributed by atoms with Gasteiger partial charge in [0, 0.05) is 11.6 Å². The van der Waals surface area contributed by atoms with Gasteiger partial charge in [-0.05, 0) is 5.56 Å². The average molecular weight is 265 g/mol. The Morgan fingerprint density at radius 3 is 2.21 bits per heavy atom. The standard InChI is InChI=1S/C13H8F3N2O/c14-13(15,16)19-12-10(7-4-8-11(12)18-17)9-5-2-1-3-6-9/h1-8H/q+1. The van der Waals surface area contributed by atoms with Crippen LogP contribution < -0.4 is 4.74 Å². The van der Waals surface area contributed by atoms with Gasteiger partial charge in [0.05, 0.1) is 0 Å². The van der Waals surface area contributed by atoms with Crippen LogP contribution in [0.3, 0.4) is 0 Å². The summed E-state index contributed by atoms with van der Waals surface area (Å²) in [5, 5.41) is 8.76.